The quantitative estimate of drug-likeness (QED) is 0.652. The van der Waals surface area contributed by atoms with Crippen molar-refractivity contribution < 1.29 is 19.4 Å². The summed E-state index contributed by atoms with van der Waals surface area (Å²) in [7, 11) is 1.46. The molecule has 6 heteroatoms. The highest BCUT2D eigenvalue weighted by Gasteiger charge is 2.36. The van der Waals surface area contributed by atoms with Crippen LogP contribution in [0.15, 0.2) is 0 Å². The van der Waals surface area contributed by atoms with Crippen LogP contribution in [0.25, 0.3) is 0 Å². The summed E-state index contributed by atoms with van der Waals surface area (Å²) >= 11 is 0. The van der Waals surface area contributed by atoms with Crippen LogP contribution in [0.5, 0.6) is 0 Å². The lowest BCUT2D eigenvalue weighted by Crippen LogP contribution is -2.61. The SMILES string of the molecule is CCC1C(=O)NCCN1C(COC)C(=O)O. The lowest BCUT2D eigenvalue weighted by atomic mass is 10.1. The molecule has 1 aliphatic heterocycles. The number of nitrogens with one attached hydrogen (secondary N) is 1. The minimum atomic E-state index is -0.949. The number of nitrogens with zero attached hydrogens (tertiary/aromatic N) is 1. The normalized spacial score (nSPS) is 23.9. The van der Waals surface area contributed by atoms with Crippen molar-refractivity contribution >= 4 is 11.9 Å². The maximum Gasteiger partial charge on any atom is 0.323 e. The standard InChI is InChI=1S/C10H18N2O4/c1-3-7-9(13)11-4-5-12(7)8(6-16-2)10(14)15/h7-8H,3-6H2,1-2H3,(H,11,13)(H,14,15). The maximum atomic E-state index is 11.6. The van der Waals surface area contributed by atoms with Crippen molar-refractivity contribution in [2.75, 3.05) is 26.8 Å². The van der Waals surface area contributed by atoms with Crippen LogP contribution in [0, 0.1) is 0 Å². The van der Waals surface area contributed by atoms with Crippen LogP contribution in [0.1, 0.15) is 13.3 Å². The Morgan fingerprint density at radius 2 is 2.44 bits per heavy atom. The number of rotatable bonds is 5. The Morgan fingerprint density at radius 3 is 2.94 bits per heavy atom. The number of carbonyl (C=O) groups is 2. The number of carboxylic acids is 1. The topological polar surface area (TPSA) is 78.9 Å². The predicted molar refractivity (Wildman–Crippen MR) is 57.1 cm³/mol. The second-order valence-electron chi connectivity index (χ2n) is 3.76. The van der Waals surface area contributed by atoms with E-state index in [1.165, 1.54) is 7.11 Å². The molecule has 0 aromatic rings. The summed E-state index contributed by atoms with van der Waals surface area (Å²) in [6.45, 7) is 3.00. The summed E-state index contributed by atoms with van der Waals surface area (Å²) in [6, 6.07) is -1.12. The van der Waals surface area contributed by atoms with Crippen LogP contribution < -0.4 is 5.32 Å². The highest BCUT2D eigenvalue weighted by Crippen LogP contribution is 2.13. The number of aliphatic carboxylic acids is 1. The van der Waals surface area contributed by atoms with Gasteiger partial charge in [-0.1, -0.05) is 6.92 Å². The summed E-state index contributed by atoms with van der Waals surface area (Å²) in [4.78, 5) is 24.4. The number of ether oxygens (including phenoxy) is 1. The largest absolute Gasteiger partial charge is 0.480 e. The molecular formula is C10H18N2O4. The number of amides is 1. The van der Waals surface area contributed by atoms with E-state index in [1.807, 2.05) is 6.92 Å². The number of carbonyl (C=O) groups excluding carboxylic acids is 1. The molecule has 0 spiro atoms. The van der Waals surface area contributed by atoms with Crippen LogP contribution in [-0.2, 0) is 14.3 Å². The Bertz CT molecular complexity index is 270. The number of hydrogen-bond acceptors (Lipinski definition) is 4. The van der Waals surface area contributed by atoms with Gasteiger partial charge in [0.25, 0.3) is 0 Å². The third-order valence-electron chi connectivity index (χ3n) is 2.77. The zero-order chi connectivity index (χ0) is 12.1. The van der Waals surface area contributed by atoms with Crippen LogP contribution in [0.2, 0.25) is 0 Å². The van der Waals surface area contributed by atoms with Gasteiger partial charge in [0.05, 0.1) is 12.6 Å². The van der Waals surface area contributed by atoms with Crippen LogP contribution in [-0.4, -0.2) is 60.8 Å². The van der Waals surface area contributed by atoms with E-state index in [2.05, 4.69) is 5.32 Å². The van der Waals surface area contributed by atoms with Crippen molar-refractivity contribution in [3.05, 3.63) is 0 Å². The van der Waals surface area contributed by atoms with Gasteiger partial charge < -0.3 is 15.2 Å². The fourth-order valence-electron chi connectivity index (χ4n) is 1.99. The van der Waals surface area contributed by atoms with E-state index in [4.69, 9.17) is 9.84 Å². The van der Waals surface area contributed by atoms with E-state index in [-0.39, 0.29) is 18.6 Å². The minimum Gasteiger partial charge on any atom is -0.480 e. The van der Waals surface area contributed by atoms with Crippen LogP contribution in [0.3, 0.4) is 0 Å². The van der Waals surface area contributed by atoms with E-state index in [9.17, 15) is 9.59 Å². The van der Waals surface area contributed by atoms with E-state index in [0.717, 1.165) is 0 Å². The monoisotopic (exact) mass is 230 g/mol. The zero-order valence-electron chi connectivity index (χ0n) is 9.60. The van der Waals surface area contributed by atoms with Gasteiger partial charge in [0.15, 0.2) is 0 Å². The van der Waals surface area contributed by atoms with E-state index < -0.39 is 12.0 Å². The van der Waals surface area contributed by atoms with Crippen molar-refractivity contribution in [1.82, 2.24) is 10.2 Å². The summed E-state index contributed by atoms with van der Waals surface area (Å²) in [5, 5.41) is 11.8. The average molecular weight is 230 g/mol. The second-order valence-corrected chi connectivity index (χ2v) is 3.76. The highest BCUT2D eigenvalue weighted by molar-refractivity contribution is 5.84. The van der Waals surface area contributed by atoms with Gasteiger partial charge in [-0.15, -0.1) is 0 Å². The molecule has 16 heavy (non-hydrogen) atoms. The van der Waals surface area contributed by atoms with Crippen LogP contribution >= 0.6 is 0 Å². The first-order valence-corrected chi connectivity index (χ1v) is 5.37. The molecule has 1 saturated heterocycles. The second kappa shape index (κ2) is 5.81. The fraction of sp³-hybridized carbons (Fsp3) is 0.800. The third-order valence-corrected chi connectivity index (χ3v) is 2.77. The molecule has 2 N–H and O–H groups in total. The lowest BCUT2D eigenvalue weighted by Gasteiger charge is -2.37. The molecular weight excluding hydrogens is 212 g/mol. The van der Waals surface area contributed by atoms with Gasteiger partial charge in [0.2, 0.25) is 5.91 Å². The van der Waals surface area contributed by atoms with E-state index in [0.29, 0.717) is 19.5 Å². The molecule has 92 valence electrons. The molecule has 1 aliphatic rings. The zero-order valence-corrected chi connectivity index (χ0v) is 9.60. The van der Waals surface area contributed by atoms with Gasteiger partial charge in [-0.05, 0) is 6.42 Å². The number of methoxy groups -OCH3 is 1. The maximum absolute atomic E-state index is 11.6. The minimum absolute atomic E-state index is 0.0963. The first-order valence-electron chi connectivity index (χ1n) is 5.37. The Morgan fingerprint density at radius 1 is 1.75 bits per heavy atom. The Labute approximate surface area is 94.6 Å². The Hall–Kier alpha value is -1.14. The van der Waals surface area contributed by atoms with Gasteiger partial charge in [0.1, 0.15) is 6.04 Å². The molecule has 0 radical (unpaired) electrons. The van der Waals surface area contributed by atoms with Crippen molar-refractivity contribution in [1.29, 1.82) is 0 Å². The molecule has 6 nitrogen and oxygen atoms in total. The van der Waals surface area contributed by atoms with Crippen molar-refractivity contribution in [2.24, 2.45) is 0 Å². The molecule has 2 atom stereocenters. The molecule has 0 saturated carbocycles. The van der Waals surface area contributed by atoms with E-state index in [1.54, 1.807) is 4.90 Å². The molecule has 1 heterocycles. The highest BCUT2D eigenvalue weighted by atomic mass is 16.5. The summed E-state index contributed by atoms with van der Waals surface area (Å²) in [5.41, 5.74) is 0. The third kappa shape index (κ3) is 2.70. The molecule has 0 bridgehead atoms. The number of hydrogen-bond donors (Lipinski definition) is 2. The van der Waals surface area contributed by atoms with Crippen LogP contribution in [0.4, 0.5) is 0 Å². The van der Waals surface area contributed by atoms with Crippen molar-refractivity contribution in [2.45, 2.75) is 25.4 Å². The van der Waals surface area contributed by atoms with Gasteiger partial charge in [-0.3, -0.25) is 14.5 Å². The summed E-state index contributed by atoms with van der Waals surface area (Å²) in [6.07, 6.45) is 0.597. The number of piperazine rings is 1. The average Bonchev–Trinajstić information content (AvgIpc) is 2.25. The molecule has 0 aliphatic carbocycles. The van der Waals surface area contributed by atoms with Gasteiger partial charge in [-0.25, -0.2) is 0 Å². The summed E-state index contributed by atoms with van der Waals surface area (Å²) in [5.74, 6) is -1.05. The smallest absolute Gasteiger partial charge is 0.323 e. The van der Waals surface area contributed by atoms with Crippen molar-refractivity contribution in [3.63, 3.8) is 0 Å². The van der Waals surface area contributed by atoms with E-state index >= 15 is 0 Å². The first kappa shape index (κ1) is 12.9. The fourth-order valence-corrected chi connectivity index (χ4v) is 1.99. The Balaban J connectivity index is 2.80. The summed E-state index contributed by atoms with van der Waals surface area (Å²) < 4.78 is 4.89. The van der Waals surface area contributed by atoms with Gasteiger partial charge in [0, 0.05) is 20.2 Å². The lowest BCUT2D eigenvalue weighted by molar-refractivity contribution is -0.149. The first-order chi connectivity index (χ1) is 7.61. The van der Waals surface area contributed by atoms with Gasteiger partial charge in [-0.2, -0.15) is 0 Å². The Kier molecular flexibility index (Phi) is 4.70. The molecule has 1 rings (SSSR count). The number of carboxylic acid groups (broad SMARTS) is 1. The molecule has 0 aromatic carbocycles. The predicted octanol–water partition coefficient (Wildman–Crippen LogP) is -0.704. The van der Waals surface area contributed by atoms with Crippen molar-refractivity contribution in [3.8, 4) is 0 Å². The molecule has 0 aromatic heterocycles. The molecule has 2 unspecified atom stereocenters. The molecule has 1 amide bonds. The van der Waals surface area contributed by atoms with Gasteiger partial charge >= 0.3 is 5.97 Å². The molecule has 1 fully saturated rings.